The first-order valence-corrected chi connectivity index (χ1v) is 12.0. The number of hydrogen-bond donors (Lipinski definition) is 2. The molecule has 1 amide bonds. The van der Waals surface area contributed by atoms with Gasteiger partial charge in [0.2, 0.25) is 11.9 Å². The van der Waals surface area contributed by atoms with Crippen LogP contribution in [0.1, 0.15) is 11.4 Å². The van der Waals surface area contributed by atoms with E-state index in [2.05, 4.69) is 25.0 Å². The average Bonchev–Trinajstić information content (AvgIpc) is 3.23. The molecule has 4 aromatic rings. The summed E-state index contributed by atoms with van der Waals surface area (Å²) in [4.78, 5) is 24.9. The topological polar surface area (TPSA) is 114 Å². The predicted octanol–water partition coefficient (Wildman–Crippen LogP) is 3.89. The molecule has 4 rings (SSSR count). The van der Waals surface area contributed by atoms with Crippen molar-refractivity contribution in [1.29, 1.82) is 0 Å². The Morgan fingerprint density at radius 2 is 1.75 bits per heavy atom. The molecule has 8 nitrogen and oxygen atoms in total. The molecule has 2 aromatic heterocycles. The number of aromatic nitrogens is 3. The van der Waals surface area contributed by atoms with Gasteiger partial charge in [0.15, 0.2) is 0 Å². The molecule has 0 fully saturated rings. The van der Waals surface area contributed by atoms with Crippen molar-refractivity contribution in [2.24, 2.45) is 0 Å². The van der Waals surface area contributed by atoms with Crippen molar-refractivity contribution in [3.63, 3.8) is 0 Å². The van der Waals surface area contributed by atoms with E-state index in [9.17, 15) is 13.2 Å². The monoisotopic (exact) mass is 465 g/mol. The molecule has 0 saturated carbocycles. The number of nitrogens with zero attached hydrogens (tertiary/aromatic N) is 3. The fourth-order valence-corrected chi connectivity index (χ4v) is 4.64. The zero-order valence-electron chi connectivity index (χ0n) is 17.0. The highest BCUT2D eigenvalue weighted by Crippen LogP contribution is 2.24. The first kappa shape index (κ1) is 21.6. The molecule has 162 valence electrons. The van der Waals surface area contributed by atoms with Crippen LogP contribution in [0.5, 0.6) is 0 Å². The summed E-state index contributed by atoms with van der Waals surface area (Å²) >= 11 is 1.48. The Morgan fingerprint density at radius 1 is 1.00 bits per heavy atom. The molecule has 2 heterocycles. The molecule has 0 radical (unpaired) electrons. The lowest BCUT2D eigenvalue weighted by atomic mass is 10.2. The second-order valence-corrected chi connectivity index (χ2v) is 9.43. The second kappa shape index (κ2) is 9.25. The number of thiazole rings is 1. The lowest BCUT2D eigenvalue weighted by Gasteiger charge is -2.08. The number of nitrogens with one attached hydrogen (secondary N) is 2. The Morgan fingerprint density at radius 3 is 2.47 bits per heavy atom. The molecule has 2 aromatic carbocycles. The number of hydrogen-bond acceptors (Lipinski definition) is 7. The van der Waals surface area contributed by atoms with Crippen molar-refractivity contribution in [3.8, 4) is 10.6 Å². The molecule has 0 spiro atoms. The maximum absolute atomic E-state index is 12.5. The Labute approximate surface area is 189 Å². The minimum Gasteiger partial charge on any atom is -0.326 e. The zero-order chi connectivity index (χ0) is 22.6. The Kier molecular flexibility index (Phi) is 6.24. The van der Waals surface area contributed by atoms with Crippen LogP contribution in [0.15, 0.2) is 77.1 Å². The summed E-state index contributed by atoms with van der Waals surface area (Å²) in [5.74, 6) is -0.239. The summed E-state index contributed by atoms with van der Waals surface area (Å²) in [6, 6.07) is 17.3. The Hall–Kier alpha value is -3.63. The third kappa shape index (κ3) is 5.34. The van der Waals surface area contributed by atoms with E-state index in [0.29, 0.717) is 17.1 Å². The van der Waals surface area contributed by atoms with E-state index >= 15 is 0 Å². The van der Waals surface area contributed by atoms with Gasteiger partial charge in [-0.15, -0.1) is 11.3 Å². The third-order valence-electron chi connectivity index (χ3n) is 4.38. The van der Waals surface area contributed by atoms with Crippen LogP contribution in [-0.4, -0.2) is 29.3 Å². The number of carbonyl (C=O) groups excluding carboxylic acids is 1. The first-order chi connectivity index (χ1) is 15.4. The van der Waals surface area contributed by atoms with Crippen molar-refractivity contribution in [3.05, 3.63) is 83.6 Å². The van der Waals surface area contributed by atoms with Gasteiger partial charge < -0.3 is 5.32 Å². The lowest BCUT2D eigenvalue weighted by Crippen LogP contribution is -2.16. The Bertz CT molecular complexity index is 1340. The van der Waals surface area contributed by atoms with Gasteiger partial charge in [-0.1, -0.05) is 30.3 Å². The van der Waals surface area contributed by atoms with Gasteiger partial charge in [0.05, 0.1) is 17.0 Å². The molecule has 0 aliphatic rings. The van der Waals surface area contributed by atoms with Gasteiger partial charge >= 0.3 is 0 Å². The van der Waals surface area contributed by atoms with Crippen molar-refractivity contribution >= 4 is 38.9 Å². The SMILES string of the molecule is Cc1ccnc(NS(=O)(=O)c2ccc(NC(=O)Cc3csc(-c4ccccc4)n3)cc2)n1. The summed E-state index contributed by atoms with van der Waals surface area (Å²) in [7, 11) is -3.84. The minimum absolute atomic E-state index is 0.000476. The number of carbonyl (C=O) groups is 1. The molecule has 0 aliphatic heterocycles. The second-order valence-electron chi connectivity index (χ2n) is 6.89. The van der Waals surface area contributed by atoms with Crippen LogP contribution < -0.4 is 10.0 Å². The number of amides is 1. The maximum Gasteiger partial charge on any atom is 0.264 e. The van der Waals surface area contributed by atoms with Crippen LogP contribution in [-0.2, 0) is 21.2 Å². The molecular weight excluding hydrogens is 446 g/mol. The summed E-state index contributed by atoms with van der Waals surface area (Å²) < 4.78 is 27.4. The number of benzene rings is 2. The van der Waals surface area contributed by atoms with Gasteiger partial charge in [0.1, 0.15) is 5.01 Å². The van der Waals surface area contributed by atoms with E-state index in [1.54, 1.807) is 13.0 Å². The van der Waals surface area contributed by atoms with Crippen molar-refractivity contribution in [1.82, 2.24) is 15.0 Å². The summed E-state index contributed by atoms with van der Waals surface area (Å²) in [6.45, 7) is 1.74. The van der Waals surface area contributed by atoms with Crippen LogP contribution >= 0.6 is 11.3 Å². The third-order valence-corrected chi connectivity index (χ3v) is 6.67. The first-order valence-electron chi connectivity index (χ1n) is 9.61. The zero-order valence-corrected chi connectivity index (χ0v) is 18.7. The molecule has 0 unspecified atom stereocenters. The van der Waals surface area contributed by atoms with E-state index in [1.807, 2.05) is 35.7 Å². The molecular formula is C22H19N5O3S2. The van der Waals surface area contributed by atoms with E-state index < -0.39 is 10.0 Å². The van der Waals surface area contributed by atoms with Crippen molar-refractivity contribution in [2.75, 3.05) is 10.0 Å². The van der Waals surface area contributed by atoms with E-state index in [-0.39, 0.29) is 23.2 Å². The molecule has 10 heteroatoms. The number of sulfonamides is 1. The largest absolute Gasteiger partial charge is 0.326 e. The average molecular weight is 466 g/mol. The number of anilines is 2. The van der Waals surface area contributed by atoms with Gasteiger partial charge in [-0.25, -0.2) is 28.1 Å². The molecule has 2 N–H and O–H groups in total. The van der Waals surface area contributed by atoms with E-state index in [4.69, 9.17) is 0 Å². The van der Waals surface area contributed by atoms with Crippen LogP contribution in [0.25, 0.3) is 10.6 Å². The predicted molar refractivity (Wildman–Crippen MR) is 124 cm³/mol. The summed E-state index contributed by atoms with van der Waals surface area (Å²) in [6.07, 6.45) is 1.60. The van der Waals surface area contributed by atoms with Gasteiger partial charge in [-0.2, -0.15) is 0 Å². The van der Waals surface area contributed by atoms with Gasteiger partial charge in [-0.05, 0) is 37.3 Å². The van der Waals surface area contributed by atoms with Gasteiger partial charge in [0, 0.05) is 28.5 Å². The molecule has 0 atom stereocenters. The smallest absolute Gasteiger partial charge is 0.264 e. The van der Waals surface area contributed by atoms with Gasteiger partial charge in [-0.3, -0.25) is 4.79 Å². The maximum atomic E-state index is 12.5. The molecule has 32 heavy (non-hydrogen) atoms. The standard InChI is InChI=1S/C22H19N5O3S2/c1-15-11-12-23-22(24-15)27-32(29,30)19-9-7-17(8-10-19)25-20(28)13-18-14-31-21(26-18)16-5-3-2-4-6-16/h2-12,14H,13H2,1H3,(H,25,28)(H,23,24,27). The summed E-state index contributed by atoms with van der Waals surface area (Å²) in [5.41, 5.74) is 2.81. The molecule has 0 bridgehead atoms. The Balaban J connectivity index is 1.38. The fourth-order valence-electron chi connectivity index (χ4n) is 2.87. The minimum atomic E-state index is -3.84. The molecule has 0 saturated heterocycles. The van der Waals surface area contributed by atoms with E-state index in [0.717, 1.165) is 10.6 Å². The highest BCUT2D eigenvalue weighted by atomic mass is 32.2. The van der Waals surface area contributed by atoms with Crippen LogP contribution in [0, 0.1) is 6.92 Å². The fraction of sp³-hybridized carbons (Fsp3) is 0.0909. The van der Waals surface area contributed by atoms with Gasteiger partial charge in [0.25, 0.3) is 10.0 Å². The highest BCUT2D eigenvalue weighted by Gasteiger charge is 2.16. The molecule has 0 aliphatic carbocycles. The normalized spacial score (nSPS) is 11.2. The quantitative estimate of drug-likeness (QED) is 0.428. The number of rotatable bonds is 7. The van der Waals surface area contributed by atoms with E-state index in [1.165, 1.54) is 41.8 Å². The van der Waals surface area contributed by atoms with Crippen LogP contribution in [0.3, 0.4) is 0 Å². The summed E-state index contributed by atoms with van der Waals surface area (Å²) in [5, 5.41) is 5.47. The lowest BCUT2D eigenvalue weighted by molar-refractivity contribution is -0.115. The van der Waals surface area contributed by atoms with Crippen molar-refractivity contribution < 1.29 is 13.2 Å². The van der Waals surface area contributed by atoms with Crippen molar-refractivity contribution in [2.45, 2.75) is 18.2 Å². The highest BCUT2D eigenvalue weighted by molar-refractivity contribution is 7.92. The van der Waals surface area contributed by atoms with Crippen LogP contribution in [0.4, 0.5) is 11.6 Å². The number of aryl methyl sites for hydroxylation is 1. The van der Waals surface area contributed by atoms with Crippen LogP contribution in [0.2, 0.25) is 0 Å².